The Labute approximate surface area is 177 Å². The number of hydrogen-bond acceptors (Lipinski definition) is 5. The SMILES string of the molecule is CN(CCOc1ccc(C(=O)CCC(=O)OC(C)(C)C)cc1)Cc1ccccc1F. The molecule has 0 unspecified atom stereocenters. The number of carbonyl (C=O) groups excluding carboxylic acids is 2. The van der Waals surface area contributed by atoms with Crippen molar-refractivity contribution < 1.29 is 23.5 Å². The van der Waals surface area contributed by atoms with Gasteiger partial charge in [-0.25, -0.2) is 4.39 Å². The first-order valence-corrected chi connectivity index (χ1v) is 10.0. The van der Waals surface area contributed by atoms with Gasteiger partial charge in [-0.2, -0.15) is 0 Å². The van der Waals surface area contributed by atoms with Crippen molar-refractivity contribution in [3.8, 4) is 5.75 Å². The Kier molecular flexibility index (Phi) is 8.54. The molecule has 0 saturated carbocycles. The minimum atomic E-state index is -0.553. The molecule has 2 aromatic carbocycles. The average molecular weight is 416 g/mol. The van der Waals surface area contributed by atoms with Crippen LogP contribution < -0.4 is 4.74 Å². The average Bonchev–Trinajstić information content (AvgIpc) is 2.67. The monoisotopic (exact) mass is 415 g/mol. The van der Waals surface area contributed by atoms with Crippen molar-refractivity contribution in [3.05, 3.63) is 65.5 Å². The number of esters is 1. The maximum Gasteiger partial charge on any atom is 0.306 e. The largest absolute Gasteiger partial charge is 0.492 e. The number of likely N-dealkylation sites (N-methyl/N-ethyl adjacent to an activating group) is 1. The molecule has 0 spiro atoms. The first-order chi connectivity index (χ1) is 14.1. The normalized spacial score (nSPS) is 11.4. The molecule has 5 nitrogen and oxygen atoms in total. The number of rotatable bonds is 10. The third kappa shape index (κ3) is 8.33. The maximum absolute atomic E-state index is 13.7. The van der Waals surface area contributed by atoms with Gasteiger partial charge in [0.1, 0.15) is 23.8 Å². The first kappa shape index (κ1) is 23.5. The number of hydrogen-bond donors (Lipinski definition) is 0. The zero-order valence-electron chi connectivity index (χ0n) is 18.1. The van der Waals surface area contributed by atoms with Gasteiger partial charge in [-0.05, 0) is 58.2 Å². The number of carbonyl (C=O) groups is 2. The Hall–Kier alpha value is -2.73. The molecule has 2 rings (SSSR count). The van der Waals surface area contributed by atoms with Gasteiger partial charge in [-0.1, -0.05) is 18.2 Å². The van der Waals surface area contributed by atoms with Gasteiger partial charge >= 0.3 is 5.97 Å². The quantitative estimate of drug-likeness (QED) is 0.418. The fraction of sp³-hybridized carbons (Fsp3) is 0.417. The molecule has 0 aliphatic rings. The molecule has 2 aromatic rings. The summed E-state index contributed by atoms with van der Waals surface area (Å²) in [4.78, 5) is 26.0. The molecule has 162 valence electrons. The number of ether oxygens (including phenoxy) is 2. The molecule has 0 heterocycles. The zero-order chi connectivity index (χ0) is 22.1. The minimum Gasteiger partial charge on any atom is -0.492 e. The van der Waals surface area contributed by atoms with Gasteiger partial charge in [0.15, 0.2) is 5.78 Å². The van der Waals surface area contributed by atoms with Crippen molar-refractivity contribution in [1.82, 2.24) is 4.90 Å². The lowest BCUT2D eigenvalue weighted by Crippen LogP contribution is -2.24. The van der Waals surface area contributed by atoms with E-state index in [1.807, 2.05) is 18.0 Å². The van der Waals surface area contributed by atoms with Crippen LogP contribution >= 0.6 is 0 Å². The molecule has 30 heavy (non-hydrogen) atoms. The van der Waals surface area contributed by atoms with Crippen LogP contribution in [0.3, 0.4) is 0 Å². The Morgan fingerprint density at radius 3 is 2.30 bits per heavy atom. The summed E-state index contributed by atoms with van der Waals surface area (Å²) >= 11 is 0. The van der Waals surface area contributed by atoms with E-state index in [0.29, 0.717) is 36.6 Å². The van der Waals surface area contributed by atoms with Crippen LogP contribution in [-0.2, 0) is 16.1 Å². The number of nitrogens with zero attached hydrogens (tertiary/aromatic N) is 1. The Bertz CT molecular complexity index is 843. The standard InChI is InChI=1S/C24H30FNO4/c1-24(2,3)30-23(28)14-13-22(27)18-9-11-20(12-10-18)29-16-15-26(4)17-19-7-5-6-8-21(19)25/h5-12H,13-17H2,1-4H3. The summed E-state index contributed by atoms with van der Waals surface area (Å²) in [6.07, 6.45) is 0.165. The van der Waals surface area contributed by atoms with E-state index in [0.717, 1.165) is 0 Å². The molecule has 0 amide bonds. The van der Waals surface area contributed by atoms with E-state index in [-0.39, 0.29) is 30.4 Å². The third-order valence-corrected chi connectivity index (χ3v) is 4.29. The predicted octanol–water partition coefficient (Wildman–Crippen LogP) is 4.64. The van der Waals surface area contributed by atoms with E-state index >= 15 is 0 Å². The van der Waals surface area contributed by atoms with E-state index in [1.54, 1.807) is 57.2 Å². The van der Waals surface area contributed by atoms with Crippen LogP contribution in [0.2, 0.25) is 0 Å². The molecule has 0 saturated heterocycles. The van der Waals surface area contributed by atoms with Gasteiger partial charge in [-0.3, -0.25) is 14.5 Å². The van der Waals surface area contributed by atoms with Crippen LogP contribution in [0.15, 0.2) is 48.5 Å². The van der Waals surface area contributed by atoms with E-state index in [9.17, 15) is 14.0 Å². The highest BCUT2D eigenvalue weighted by Gasteiger charge is 2.17. The van der Waals surface area contributed by atoms with Gasteiger partial charge in [0.2, 0.25) is 0 Å². The van der Waals surface area contributed by atoms with Crippen LogP contribution in [-0.4, -0.2) is 42.5 Å². The Balaban J connectivity index is 1.74. The van der Waals surface area contributed by atoms with Crippen LogP contribution in [0, 0.1) is 5.82 Å². The summed E-state index contributed by atoms with van der Waals surface area (Å²) in [6, 6.07) is 13.6. The first-order valence-electron chi connectivity index (χ1n) is 10.0. The van der Waals surface area contributed by atoms with Crippen molar-refractivity contribution in [1.29, 1.82) is 0 Å². The van der Waals surface area contributed by atoms with E-state index in [4.69, 9.17) is 9.47 Å². The summed E-state index contributed by atoms with van der Waals surface area (Å²) < 4.78 is 24.6. The van der Waals surface area contributed by atoms with E-state index in [1.165, 1.54) is 6.07 Å². The van der Waals surface area contributed by atoms with Gasteiger partial charge in [0.05, 0.1) is 6.42 Å². The molecule has 6 heteroatoms. The highest BCUT2D eigenvalue weighted by atomic mass is 19.1. The van der Waals surface area contributed by atoms with Crippen LogP contribution in [0.1, 0.15) is 49.5 Å². The second kappa shape index (κ2) is 10.9. The molecule has 0 fully saturated rings. The molecule has 0 bridgehead atoms. The smallest absolute Gasteiger partial charge is 0.306 e. The highest BCUT2D eigenvalue weighted by molar-refractivity contribution is 5.97. The van der Waals surface area contributed by atoms with Crippen LogP contribution in [0.25, 0.3) is 0 Å². The second-order valence-corrected chi connectivity index (χ2v) is 8.21. The third-order valence-electron chi connectivity index (χ3n) is 4.29. The molecule has 0 aliphatic heterocycles. The maximum atomic E-state index is 13.7. The molecule has 0 radical (unpaired) electrons. The van der Waals surface area contributed by atoms with Crippen molar-refractivity contribution >= 4 is 11.8 Å². The van der Waals surface area contributed by atoms with E-state index < -0.39 is 5.60 Å². The van der Waals surface area contributed by atoms with Crippen molar-refractivity contribution in [3.63, 3.8) is 0 Å². The topological polar surface area (TPSA) is 55.8 Å². The molecular formula is C24H30FNO4. The fourth-order valence-electron chi connectivity index (χ4n) is 2.81. The van der Waals surface area contributed by atoms with E-state index in [2.05, 4.69) is 0 Å². The van der Waals surface area contributed by atoms with Crippen molar-refractivity contribution in [2.75, 3.05) is 20.2 Å². The van der Waals surface area contributed by atoms with Crippen molar-refractivity contribution in [2.45, 2.75) is 45.8 Å². The number of ketones is 1. The number of benzene rings is 2. The molecule has 0 aromatic heterocycles. The summed E-state index contributed by atoms with van der Waals surface area (Å²) in [5.41, 5.74) is 0.624. The Morgan fingerprint density at radius 2 is 1.67 bits per heavy atom. The molecule has 0 aliphatic carbocycles. The minimum absolute atomic E-state index is 0.0582. The van der Waals surface area contributed by atoms with Crippen LogP contribution in [0.4, 0.5) is 4.39 Å². The second-order valence-electron chi connectivity index (χ2n) is 8.21. The molecule has 0 N–H and O–H groups in total. The summed E-state index contributed by atoms with van der Waals surface area (Å²) in [5.74, 6) is -0.0532. The predicted molar refractivity (Wildman–Crippen MR) is 114 cm³/mol. The number of Topliss-reactive ketones (excluding diaryl/α,β-unsaturated/α-hetero) is 1. The lowest BCUT2D eigenvalue weighted by molar-refractivity contribution is -0.154. The lowest BCUT2D eigenvalue weighted by Gasteiger charge is -2.19. The zero-order valence-corrected chi connectivity index (χ0v) is 18.1. The van der Waals surface area contributed by atoms with Gasteiger partial charge < -0.3 is 9.47 Å². The van der Waals surface area contributed by atoms with Gasteiger partial charge in [0.25, 0.3) is 0 Å². The molecule has 0 atom stereocenters. The summed E-state index contributed by atoms with van der Waals surface area (Å²) in [5, 5.41) is 0. The Morgan fingerprint density at radius 1 is 1.00 bits per heavy atom. The fourth-order valence-corrected chi connectivity index (χ4v) is 2.81. The van der Waals surface area contributed by atoms with Crippen LogP contribution in [0.5, 0.6) is 5.75 Å². The van der Waals surface area contributed by atoms with Gasteiger partial charge in [-0.15, -0.1) is 0 Å². The van der Waals surface area contributed by atoms with Crippen molar-refractivity contribution in [2.24, 2.45) is 0 Å². The summed E-state index contributed by atoms with van der Waals surface area (Å²) in [7, 11) is 1.90. The summed E-state index contributed by atoms with van der Waals surface area (Å²) in [6.45, 7) is 6.96. The highest BCUT2D eigenvalue weighted by Crippen LogP contribution is 2.16. The number of halogens is 1. The van der Waals surface area contributed by atoms with Gasteiger partial charge in [0, 0.05) is 30.6 Å². The molecular weight excluding hydrogens is 385 g/mol. The lowest BCUT2D eigenvalue weighted by atomic mass is 10.1.